The number of aliphatic imine (C=N–C) groups is 1. The van der Waals surface area contributed by atoms with Gasteiger partial charge in [0, 0.05) is 29.2 Å². The number of hydrogen-bond donors (Lipinski definition) is 0. The van der Waals surface area contributed by atoms with E-state index in [2.05, 4.69) is 20.9 Å². The van der Waals surface area contributed by atoms with Gasteiger partial charge in [0.1, 0.15) is 5.82 Å². The summed E-state index contributed by atoms with van der Waals surface area (Å²) in [5.74, 6) is 1.35. The molecule has 1 saturated heterocycles. The van der Waals surface area contributed by atoms with Gasteiger partial charge in [-0.1, -0.05) is 17.7 Å². The van der Waals surface area contributed by atoms with Crippen LogP contribution in [0, 0.1) is 17.7 Å². The summed E-state index contributed by atoms with van der Waals surface area (Å²) >= 11 is 6.10. The van der Waals surface area contributed by atoms with Gasteiger partial charge in [0.15, 0.2) is 0 Å². The van der Waals surface area contributed by atoms with Gasteiger partial charge in [-0.2, -0.15) is 0 Å². The molecule has 2 fully saturated rings. The molecule has 6 rings (SSSR count). The highest BCUT2D eigenvalue weighted by atomic mass is 35.5. The molecule has 2 aromatic heterocycles. The van der Waals surface area contributed by atoms with Gasteiger partial charge in [0.25, 0.3) is 0 Å². The molecule has 150 valence electrons. The van der Waals surface area contributed by atoms with E-state index in [-0.39, 0.29) is 5.82 Å². The maximum Gasteiger partial charge on any atom is 0.132 e. The van der Waals surface area contributed by atoms with Crippen LogP contribution in [-0.4, -0.2) is 35.3 Å². The van der Waals surface area contributed by atoms with Crippen molar-refractivity contribution in [3.63, 3.8) is 0 Å². The van der Waals surface area contributed by atoms with Crippen molar-refractivity contribution in [1.29, 1.82) is 0 Å². The lowest BCUT2D eigenvalue weighted by molar-refractivity contribution is 0.243. The standard InChI is InChI=1S/C24H20ClFN4/c25-16-3-4-20(26)19(9-16)24-18(7-8-27-24)21-5-6-22-23(29-21)10-17(11-28-22)30-12-14-1-2-15(14)13-30/h3-7,9-11,14-15H,1-2,8,12-13H2. The molecule has 3 aromatic rings. The fourth-order valence-electron chi connectivity index (χ4n) is 4.83. The first-order chi connectivity index (χ1) is 14.7. The van der Waals surface area contributed by atoms with Crippen LogP contribution in [0.4, 0.5) is 10.1 Å². The highest BCUT2D eigenvalue weighted by Crippen LogP contribution is 2.42. The number of hydrogen-bond acceptors (Lipinski definition) is 4. The first kappa shape index (κ1) is 18.0. The lowest BCUT2D eigenvalue weighted by atomic mass is 9.77. The van der Waals surface area contributed by atoms with E-state index in [0.717, 1.165) is 52.9 Å². The van der Waals surface area contributed by atoms with Crippen molar-refractivity contribution in [2.24, 2.45) is 16.8 Å². The molecule has 1 saturated carbocycles. The van der Waals surface area contributed by atoms with Gasteiger partial charge in [-0.05, 0) is 61.1 Å². The molecule has 0 spiro atoms. The van der Waals surface area contributed by atoms with Crippen molar-refractivity contribution in [3.8, 4) is 0 Å². The summed E-state index contributed by atoms with van der Waals surface area (Å²) in [4.78, 5) is 16.5. The number of anilines is 1. The van der Waals surface area contributed by atoms with Crippen LogP contribution in [0.25, 0.3) is 16.6 Å². The number of nitrogens with zero attached hydrogens (tertiary/aromatic N) is 4. The van der Waals surface area contributed by atoms with Crippen LogP contribution in [0.3, 0.4) is 0 Å². The smallest absolute Gasteiger partial charge is 0.132 e. The minimum absolute atomic E-state index is 0.334. The molecule has 0 N–H and O–H groups in total. The van der Waals surface area contributed by atoms with E-state index in [9.17, 15) is 4.39 Å². The topological polar surface area (TPSA) is 41.4 Å². The zero-order chi connectivity index (χ0) is 20.2. The molecule has 1 aromatic carbocycles. The minimum atomic E-state index is -0.334. The quantitative estimate of drug-likeness (QED) is 0.590. The second-order valence-corrected chi connectivity index (χ2v) is 8.80. The normalized spacial score (nSPS) is 22.7. The van der Waals surface area contributed by atoms with E-state index in [1.165, 1.54) is 18.9 Å². The molecule has 2 aliphatic heterocycles. The van der Waals surface area contributed by atoms with E-state index in [0.29, 0.717) is 22.8 Å². The van der Waals surface area contributed by atoms with E-state index in [1.807, 2.05) is 24.4 Å². The summed E-state index contributed by atoms with van der Waals surface area (Å²) in [6.45, 7) is 2.74. The van der Waals surface area contributed by atoms with Gasteiger partial charge in [-0.15, -0.1) is 0 Å². The van der Waals surface area contributed by atoms with Crippen molar-refractivity contribution >= 4 is 39.6 Å². The summed E-state index contributed by atoms with van der Waals surface area (Å²) in [6, 6.07) is 10.6. The fraction of sp³-hybridized carbons (Fsp3) is 0.292. The lowest BCUT2D eigenvalue weighted by Gasteiger charge is -2.27. The zero-order valence-corrected chi connectivity index (χ0v) is 17.1. The third-order valence-corrected chi connectivity index (χ3v) is 6.87. The van der Waals surface area contributed by atoms with Gasteiger partial charge >= 0.3 is 0 Å². The Hall–Kier alpha value is -2.79. The number of aromatic nitrogens is 2. The maximum absolute atomic E-state index is 14.5. The van der Waals surface area contributed by atoms with Crippen molar-refractivity contribution in [2.75, 3.05) is 24.5 Å². The number of fused-ring (bicyclic) bond motifs is 2. The molecule has 4 heterocycles. The summed E-state index contributed by atoms with van der Waals surface area (Å²) < 4.78 is 14.5. The van der Waals surface area contributed by atoms with Crippen LogP contribution in [0.15, 0.2) is 53.7 Å². The Kier molecular flexibility index (Phi) is 4.13. The van der Waals surface area contributed by atoms with Crippen molar-refractivity contribution in [1.82, 2.24) is 9.97 Å². The molecule has 6 heteroatoms. The number of benzene rings is 1. The Labute approximate surface area is 179 Å². The van der Waals surface area contributed by atoms with Crippen LogP contribution in [-0.2, 0) is 0 Å². The summed E-state index contributed by atoms with van der Waals surface area (Å²) in [5, 5.41) is 0.486. The Morgan fingerprint density at radius 2 is 1.83 bits per heavy atom. The molecule has 2 unspecified atom stereocenters. The van der Waals surface area contributed by atoms with E-state index in [4.69, 9.17) is 16.6 Å². The minimum Gasteiger partial charge on any atom is -0.370 e. The van der Waals surface area contributed by atoms with E-state index in [1.54, 1.807) is 12.1 Å². The number of rotatable bonds is 3. The second kappa shape index (κ2) is 6.88. The third-order valence-electron chi connectivity index (χ3n) is 6.63. The van der Waals surface area contributed by atoms with E-state index < -0.39 is 0 Å². The summed E-state index contributed by atoms with van der Waals surface area (Å²) in [5.41, 5.74) is 5.46. The van der Waals surface area contributed by atoms with Crippen LogP contribution >= 0.6 is 11.6 Å². The number of halogens is 2. The molecular formula is C24H20ClFN4. The largest absolute Gasteiger partial charge is 0.370 e. The SMILES string of the molecule is Fc1ccc(Cl)cc1C1=NCC=C1c1ccc2ncc(N3CC4CCC4C3)cc2n1. The number of allylic oxidation sites excluding steroid dienone is 1. The van der Waals surface area contributed by atoms with Gasteiger partial charge in [-0.25, -0.2) is 9.37 Å². The molecule has 1 aliphatic carbocycles. The molecule has 2 atom stereocenters. The van der Waals surface area contributed by atoms with Gasteiger partial charge < -0.3 is 4.90 Å². The van der Waals surface area contributed by atoms with Crippen LogP contribution in [0.5, 0.6) is 0 Å². The van der Waals surface area contributed by atoms with Gasteiger partial charge in [-0.3, -0.25) is 9.98 Å². The molecule has 0 amide bonds. The van der Waals surface area contributed by atoms with Crippen molar-refractivity contribution in [3.05, 3.63) is 70.8 Å². The molecule has 3 aliphatic rings. The Morgan fingerprint density at radius 3 is 2.63 bits per heavy atom. The Morgan fingerprint density at radius 1 is 1.00 bits per heavy atom. The Balaban J connectivity index is 1.36. The average Bonchev–Trinajstić information content (AvgIpc) is 3.34. The van der Waals surface area contributed by atoms with Crippen LogP contribution in [0.1, 0.15) is 24.1 Å². The second-order valence-electron chi connectivity index (χ2n) is 8.36. The molecule has 30 heavy (non-hydrogen) atoms. The first-order valence-corrected chi connectivity index (χ1v) is 10.8. The molecular weight excluding hydrogens is 399 g/mol. The predicted molar refractivity (Wildman–Crippen MR) is 119 cm³/mol. The van der Waals surface area contributed by atoms with E-state index >= 15 is 0 Å². The molecule has 0 radical (unpaired) electrons. The first-order valence-electron chi connectivity index (χ1n) is 10.4. The maximum atomic E-state index is 14.5. The Bertz CT molecular complexity index is 1220. The molecule has 4 nitrogen and oxygen atoms in total. The molecule has 0 bridgehead atoms. The summed E-state index contributed by atoms with van der Waals surface area (Å²) in [6.07, 6.45) is 6.64. The van der Waals surface area contributed by atoms with Crippen molar-refractivity contribution in [2.45, 2.75) is 12.8 Å². The third kappa shape index (κ3) is 2.91. The van der Waals surface area contributed by atoms with Crippen LogP contribution in [0.2, 0.25) is 5.02 Å². The predicted octanol–water partition coefficient (Wildman–Crippen LogP) is 5.15. The highest BCUT2D eigenvalue weighted by Gasteiger charge is 2.39. The summed E-state index contributed by atoms with van der Waals surface area (Å²) in [7, 11) is 0. The van der Waals surface area contributed by atoms with Gasteiger partial charge in [0.05, 0.1) is 40.9 Å². The average molecular weight is 419 g/mol. The van der Waals surface area contributed by atoms with Crippen LogP contribution < -0.4 is 4.90 Å². The lowest BCUT2D eigenvalue weighted by Crippen LogP contribution is -2.22. The number of pyridine rings is 2. The zero-order valence-electron chi connectivity index (χ0n) is 16.4. The highest BCUT2D eigenvalue weighted by molar-refractivity contribution is 6.35. The fourth-order valence-corrected chi connectivity index (χ4v) is 5.01. The van der Waals surface area contributed by atoms with Crippen molar-refractivity contribution < 1.29 is 4.39 Å². The monoisotopic (exact) mass is 418 g/mol. The van der Waals surface area contributed by atoms with Gasteiger partial charge in [0.2, 0.25) is 0 Å².